The van der Waals surface area contributed by atoms with Gasteiger partial charge in [-0.05, 0) is 31.0 Å². The van der Waals surface area contributed by atoms with Crippen molar-refractivity contribution in [2.75, 3.05) is 26.1 Å². The molecule has 2 rings (SSSR count). The number of carbonyl (C=O) groups is 1. The molecule has 0 unspecified atom stereocenters. The predicted octanol–water partition coefficient (Wildman–Crippen LogP) is 3.99. The van der Waals surface area contributed by atoms with Crippen molar-refractivity contribution in [3.05, 3.63) is 39.8 Å². The Morgan fingerprint density at radius 3 is 2.62 bits per heavy atom. The van der Waals surface area contributed by atoms with Crippen LogP contribution in [-0.2, 0) is 17.7 Å². The van der Waals surface area contributed by atoms with Crippen LogP contribution in [0.5, 0.6) is 11.5 Å². The molecule has 1 heterocycles. The summed E-state index contributed by atoms with van der Waals surface area (Å²) >= 11 is 1.25. The molecule has 2 aromatic rings. The number of esters is 1. The minimum absolute atomic E-state index is 0.299. The molecule has 138 valence electrons. The van der Waals surface area contributed by atoms with Crippen molar-refractivity contribution in [2.45, 2.75) is 26.8 Å². The van der Waals surface area contributed by atoms with Crippen LogP contribution < -0.4 is 14.8 Å². The van der Waals surface area contributed by atoms with Gasteiger partial charge < -0.3 is 19.5 Å². The number of nitrogens with one attached hydrogen (secondary N) is 1. The molecule has 26 heavy (non-hydrogen) atoms. The maximum Gasteiger partial charge on any atom is 0.348 e. The standard InChI is InChI=1S/C19H22N2O4S/c1-5-14-15(10-20)18(26-17(14)19(22)25-6-2)21-11-12-7-8-13(23-3)9-16(12)24-4/h7-9,21H,5-6,11H2,1-4H3. The Bertz CT molecular complexity index is 824. The molecule has 0 spiro atoms. The highest BCUT2D eigenvalue weighted by Crippen LogP contribution is 2.35. The van der Waals surface area contributed by atoms with Gasteiger partial charge in [0, 0.05) is 18.2 Å². The van der Waals surface area contributed by atoms with Gasteiger partial charge in [-0.1, -0.05) is 6.92 Å². The molecule has 1 aromatic heterocycles. The van der Waals surface area contributed by atoms with Crippen molar-refractivity contribution < 1.29 is 19.0 Å². The van der Waals surface area contributed by atoms with Crippen LogP contribution in [0.4, 0.5) is 5.00 Å². The molecule has 0 fully saturated rings. The number of nitrogens with zero attached hydrogens (tertiary/aromatic N) is 1. The summed E-state index contributed by atoms with van der Waals surface area (Å²) in [6, 6.07) is 7.76. The van der Waals surface area contributed by atoms with Crippen LogP contribution in [0.1, 0.15) is 40.2 Å². The zero-order valence-electron chi connectivity index (χ0n) is 15.3. The third-order valence-corrected chi connectivity index (χ3v) is 5.04. The van der Waals surface area contributed by atoms with Crippen molar-refractivity contribution in [3.8, 4) is 17.6 Å². The first-order valence-corrected chi connectivity index (χ1v) is 9.08. The second-order valence-electron chi connectivity index (χ2n) is 5.33. The number of thiophene rings is 1. The number of anilines is 1. The smallest absolute Gasteiger partial charge is 0.348 e. The van der Waals surface area contributed by atoms with Crippen LogP contribution in [0.2, 0.25) is 0 Å². The van der Waals surface area contributed by atoms with Crippen LogP contribution in [0, 0.1) is 11.3 Å². The number of benzene rings is 1. The van der Waals surface area contributed by atoms with Gasteiger partial charge in [0.15, 0.2) is 0 Å². The minimum Gasteiger partial charge on any atom is -0.497 e. The molecule has 0 atom stereocenters. The third-order valence-electron chi connectivity index (χ3n) is 3.87. The maximum absolute atomic E-state index is 12.2. The van der Waals surface area contributed by atoms with Gasteiger partial charge >= 0.3 is 5.97 Å². The lowest BCUT2D eigenvalue weighted by molar-refractivity contribution is 0.0531. The van der Waals surface area contributed by atoms with E-state index in [1.165, 1.54) is 11.3 Å². The number of hydrogen-bond donors (Lipinski definition) is 1. The normalized spacial score (nSPS) is 10.1. The third kappa shape index (κ3) is 4.09. The highest BCUT2D eigenvalue weighted by atomic mass is 32.1. The van der Waals surface area contributed by atoms with Crippen molar-refractivity contribution in [1.82, 2.24) is 0 Å². The van der Waals surface area contributed by atoms with Crippen molar-refractivity contribution in [3.63, 3.8) is 0 Å². The fourth-order valence-electron chi connectivity index (χ4n) is 2.58. The first kappa shape index (κ1) is 19.6. The molecular weight excluding hydrogens is 352 g/mol. The molecule has 0 radical (unpaired) electrons. The Hall–Kier alpha value is -2.72. The number of hydrogen-bond acceptors (Lipinski definition) is 7. The Kier molecular flexibility index (Phi) is 6.87. The number of ether oxygens (including phenoxy) is 3. The molecule has 6 nitrogen and oxygen atoms in total. The average molecular weight is 374 g/mol. The lowest BCUT2D eigenvalue weighted by Crippen LogP contribution is -2.05. The molecule has 1 N–H and O–H groups in total. The molecule has 0 saturated carbocycles. The zero-order valence-corrected chi connectivity index (χ0v) is 16.2. The Labute approximate surface area is 157 Å². The molecule has 0 aliphatic rings. The average Bonchev–Trinajstić information content (AvgIpc) is 3.03. The quantitative estimate of drug-likeness (QED) is 0.704. The van der Waals surface area contributed by atoms with E-state index in [0.717, 1.165) is 11.1 Å². The van der Waals surface area contributed by atoms with Crippen molar-refractivity contribution >= 4 is 22.3 Å². The SMILES string of the molecule is CCOC(=O)c1sc(NCc2ccc(OC)cc2OC)c(C#N)c1CC. The van der Waals surface area contributed by atoms with E-state index in [2.05, 4.69) is 11.4 Å². The van der Waals surface area contributed by atoms with Gasteiger partial charge in [0.2, 0.25) is 0 Å². The molecule has 0 aliphatic carbocycles. The van der Waals surface area contributed by atoms with Gasteiger partial charge in [-0.2, -0.15) is 5.26 Å². The fraction of sp³-hybridized carbons (Fsp3) is 0.368. The summed E-state index contributed by atoms with van der Waals surface area (Å²) in [6.45, 7) is 4.43. The summed E-state index contributed by atoms with van der Waals surface area (Å²) in [5.41, 5.74) is 2.13. The molecular formula is C19H22N2O4S. The molecule has 7 heteroatoms. The Balaban J connectivity index is 2.30. The number of rotatable bonds is 8. The molecule has 0 saturated heterocycles. The van der Waals surface area contributed by atoms with Crippen LogP contribution in [-0.4, -0.2) is 26.8 Å². The molecule has 0 bridgehead atoms. The predicted molar refractivity (Wildman–Crippen MR) is 101 cm³/mol. The summed E-state index contributed by atoms with van der Waals surface area (Å²) in [4.78, 5) is 12.6. The van der Waals surface area contributed by atoms with Gasteiger partial charge in [0.25, 0.3) is 0 Å². The second kappa shape index (κ2) is 9.11. The lowest BCUT2D eigenvalue weighted by atomic mass is 10.1. The van der Waals surface area contributed by atoms with Gasteiger partial charge in [0.1, 0.15) is 27.4 Å². The van der Waals surface area contributed by atoms with E-state index in [9.17, 15) is 10.1 Å². The van der Waals surface area contributed by atoms with Gasteiger partial charge in [-0.3, -0.25) is 0 Å². The monoisotopic (exact) mass is 374 g/mol. The van der Waals surface area contributed by atoms with E-state index in [1.807, 2.05) is 19.1 Å². The van der Waals surface area contributed by atoms with E-state index in [0.29, 0.717) is 46.5 Å². The van der Waals surface area contributed by atoms with Crippen LogP contribution >= 0.6 is 11.3 Å². The number of carbonyl (C=O) groups excluding carboxylic acids is 1. The van der Waals surface area contributed by atoms with E-state index < -0.39 is 0 Å². The Morgan fingerprint density at radius 2 is 2.04 bits per heavy atom. The molecule has 0 amide bonds. The van der Waals surface area contributed by atoms with Crippen molar-refractivity contribution in [1.29, 1.82) is 5.26 Å². The summed E-state index contributed by atoms with van der Waals surface area (Å²) in [6.07, 6.45) is 0.584. The Morgan fingerprint density at radius 1 is 1.27 bits per heavy atom. The largest absolute Gasteiger partial charge is 0.497 e. The number of methoxy groups -OCH3 is 2. The van der Waals surface area contributed by atoms with Crippen LogP contribution in [0.25, 0.3) is 0 Å². The van der Waals surface area contributed by atoms with E-state index in [4.69, 9.17) is 14.2 Å². The van der Waals surface area contributed by atoms with Crippen LogP contribution in [0.3, 0.4) is 0 Å². The van der Waals surface area contributed by atoms with Gasteiger partial charge in [-0.25, -0.2) is 4.79 Å². The van der Waals surface area contributed by atoms with E-state index in [-0.39, 0.29) is 5.97 Å². The van der Waals surface area contributed by atoms with E-state index >= 15 is 0 Å². The molecule has 1 aromatic carbocycles. The first-order chi connectivity index (χ1) is 12.6. The molecule has 0 aliphatic heterocycles. The number of nitriles is 1. The zero-order chi connectivity index (χ0) is 19.1. The summed E-state index contributed by atoms with van der Waals surface area (Å²) in [5, 5.41) is 13.5. The van der Waals surface area contributed by atoms with Gasteiger partial charge in [-0.15, -0.1) is 11.3 Å². The second-order valence-corrected chi connectivity index (χ2v) is 6.35. The first-order valence-electron chi connectivity index (χ1n) is 8.27. The summed E-state index contributed by atoms with van der Waals surface area (Å²) < 4.78 is 15.7. The van der Waals surface area contributed by atoms with Gasteiger partial charge in [0.05, 0.1) is 26.4 Å². The summed E-state index contributed by atoms with van der Waals surface area (Å²) in [7, 11) is 3.19. The topological polar surface area (TPSA) is 80.6 Å². The van der Waals surface area contributed by atoms with E-state index in [1.54, 1.807) is 27.2 Å². The summed E-state index contributed by atoms with van der Waals surface area (Å²) in [5.74, 6) is 1.01. The van der Waals surface area contributed by atoms with Crippen molar-refractivity contribution in [2.24, 2.45) is 0 Å². The lowest BCUT2D eigenvalue weighted by Gasteiger charge is -2.11. The maximum atomic E-state index is 12.2. The van der Waals surface area contributed by atoms with Crippen LogP contribution in [0.15, 0.2) is 18.2 Å². The minimum atomic E-state index is -0.388. The highest BCUT2D eigenvalue weighted by Gasteiger charge is 2.22. The highest BCUT2D eigenvalue weighted by molar-refractivity contribution is 7.18. The fourth-order valence-corrected chi connectivity index (χ4v) is 3.71.